The zero-order valence-corrected chi connectivity index (χ0v) is 13.7. The van der Waals surface area contributed by atoms with E-state index in [1.54, 1.807) is 6.20 Å². The molecule has 0 bridgehead atoms. The molecule has 0 saturated carbocycles. The molecule has 0 unspecified atom stereocenters. The summed E-state index contributed by atoms with van der Waals surface area (Å²) in [4.78, 5) is 17.3. The Bertz CT molecular complexity index is 768. The number of aryl methyl sites for hydroxylation is 1. The molecule has 0 aliphatic carbocycles. The van der Waals surface area contributed by atoms with Crippen LogP contribution >= 0.6 is 11.3 Å². The van der Waals surface area contributed by atoms with Crippen LogP contribution in [-0.2, 0) is 6.42 Å². The fourth-order valence-corrected chi connectivity index (χ4v) is 3.16. The monoisotopic (exact) mass is 322 g/mol. The van der Waals surface area contributed by atoms with Crippen LogP contribution in [-0.4, -0.2) is 10.9 Å². The van der Waals surface area contributed by atoms with Crippen LogP contribution in [0.4, 0.5) is 0 Å². The molecule has 4 heteroatoms. The van der Waals surface area contributed by atoms with Crippen LogP contribution < -0.4 is 5.32 Å². The minimum Gasteiger partial charge on any atom is -0.344 e. The third-order valence-corrected chi connectivity index (χ3v) is 4.55. The summed E-state index contributed by atoms with van der Waals surface area (Å²) in [6.07, 6.45) is 2.40. The van der Waals surface area contributed by atoms with Crippen molar-refractivity contribution in [3.8, 4) is 0 Å². The fraction of sp³-hybridized carbons (Fsp3) is 0.158. The average molecular weight is 322 g/mol. The maximum atomic E-state index is 12.5. The van der Waals surface area contributed by atoms with Crippen molar-refractivity contribution in [2.45, 2.75) is 19.4 Å². The molecule has 116 valence electrons. The Morgan fingerprint density at radius 1 is 1.09 bits per heavy atom. The number of benzene rings is 2. The lowest BCUT2D eigenvalue weighted by molar-refractivity contribution is 0.0940. The van der Waals surface area contributed by atoms with Gasteiger partial charge >= 0.3 is 0 Å². The molecule has 3 rings (SSSR count). The van der Waals surface area contributed by atoms with E-state index in [9.17, 15) is 4.79 Å². The summed E-state index contributed by atoms with van der Waals surface area (Å²) in [6, 6.07) is 20.2. The number of amides is 1. The molecule has 0 fully saturated rings. The summed E-state index contributed by atoms with van der Waals surface area (Å²) in [5, 5.41) is 4.04. The Morgan fingerprint density at radius 3 is 2.35 bits per heavy atom. The van der Waals surface area contributed by atoms with Crippen LogP contribution in [0.15, 0.2) is 66.9 Å². The van der Waals surface area contributed by atoms with Gasteiger partial charge < -0.3 is 5.32 Å². The smallest absolute Gasteiger partial charge is 0.263 e. The number of thiazole rings is 1. The molecule has 0 saturated heterocycles. The van der Waals surface area contributed by atoms with Gasteiger partial charge in [-0.15, -0.1) is 11.3 Å². The molecule has 3 nitrogen and oxygen atoms in total. The van der Waals surface area contributed by atoms with Gasteiger partial charge in [0.1, 0.15) is 4.88 Å². The topological polar surface area (TPSA) is 42.0 Å². The highest BCUT2D eigenvalue weighted by atomic mass is 32.1. The number of aromatic nitrogens is 1. The molecule has 0 aliphatic rings. The van der Waals surface area contributed by atoms with E-state index >= 15 is 0 Å². The van der Waals surface area contributed by atoms with Crippen LogP contribution in [0.2, 0.25) is 0 Å². The first-order valence-electron chi connectivity index (χ1n) is 7.54. The van der Waals surface area contributed by atoms with Crippen molar-refractivity contribution in [2.75, 3.05) is 0 Å². The number of carbonyl (C=O) groups excluding carboxylic acids is 1. The molecule has 2 aromatic carbocycles. The second-order valence-corrected chi connectivity index (χ2v) is 6.60. The maximum Gasteiger partial charge on any atom is 0.263 e. The van der Waals surface area contributed by atoms with Gasteiger partial charge in [-0.05, 0) is 24.5 Å². The van der Waals surface area contributed by atoms with E-state index in [0.717, 1.165) is 17.0 Å². The van der Waals surface area contributed by atoms with E-state index in [-0.39, 0.29) is 11.9 Å². The fourth-order valence-electron chi connectivity index (χ4n) is 2.48. The van der Waals surface area contributed by atoms with E-state index < -0.39 is 0 Å². The quantitative estimate of drug-likeness (QED) is 0.766. The van der Waals surface area contributed by atoms with Crippen LogP contribution in [0.1, 0.15) is 31.8 Å². The lowest BCUT2D eigenvalue weighted by Gasteiger charge is -2.19. The van der Waals surface area contributed by atoms with Crippen molar-refractivity contribution in [1.29, 1.82) is 0 Å². The largest absolute Gasteiger partial charge is 0.344 e. The molecular weight excluding hydrogens is 304 g/mol. The molecular formula is C19H18N2OS. The van der Waals surface area contributed by atoms with Crippen molar-refractivity contribution in [3.05, 3.63) is 87.9 Å². The number of nitrogens with one attached hydrogen (secondary N) is 1. The molecule has 0 aliphatic heterocycles. The van der Waals surface area contributed by atoms with Crippen LogP contribution in [0, 0.1) is 6.92 Å². The highest BCUT2D eigenvalue weighted by molar-refractivity contribution is 7.13. The third kappa shape index (κ3) is 4.05. The Hall–Kier alpha value is -2.46. The number of hydrogen-bond acceptors (Lipinski definition) is 3. The van der Waals surface area contributed by atoms with Crippen LogP contribution in [0.25, 0.3) is 0 Å². The zero-order chi connectivity index (χ0) is 16.1. The Balaban J connectivity index is 1.82. The van der Waals surface area contributed by atoms with Gasteiger partial charge in [0.2, 0.25) is 0 Å². The predicted molar refractivity (Wildman–Crippen MR) is 93.6 cm³/mol. The molecule has 0 radical (unpaired) electrons. The van der Waals surface area contributed by atoms with Gasteiger partial charge in [0, 0.05) is 0 Å². The lowest BCUT2D eigenvalue weighted by atomic mass is 9.99. The Morgan fingerprint density at radius 2 is 1.74 bits per heavy atom. The first-order chi connectivity index (χ1) is 11.2. The van der Waals surface area contributed by atoms with Crippen molar-refractivity contribution >= 4 is 17.2 Å². The maximum absolute atomic E-state index is 12.5. The number of carbonyl (C=O) groups is 1. The summed E-state index contributed by atoms with van der Waals surface area (Å²) in [6.45, 7) is 1.90. The van der Waals surface area contributed by atoms with Crippen LogP contribution in [0.5, 0.6) is 0 Å². The lowest BCUT2D eigenvalue weighted by Crippen LogP contribution is -2.29. The molecule has 1 N–H and O–H groups in total. The summed E-state index contributed by atoms with van der Waals surface area (Å²) >= 11 is 1.42. The normalized spacial score (nSPS) is 11.9. The number of nitrogens with zero attached hydrogens (tertiary/aromatic N) is 1. The van der Waals surface area contributed by atoms with Gasteiger partial charge in [-0.1, -0.05) is 60.7 Å². The third-order valence-electron chi connectivity index (χ3n) is 3.63. The van der Waals surface area contributed by atoms with E-state index in [0.29, 0.717) is 4.88 Å². The molecule has 23 heavy (non-hydrogen) atoms. The minimum atomic E-state index is -0.0691. The highest BCUT2D eigenvalue weighted by Crippen LogP contribution is 2.20. The molecule has 1 amide bonds. The standard InChI is InChI=1S/C19H18N2OS/c1-14-20-13-18(23-14)19(22)21-17(16-10-6-3-7-11-16)12-15-8-4-2-5-9-15/h2-11,13,17H,12H2,1H3,(H,21,22)/t17-/m0/s1. The Labute approximate surface area is 140 Å². The number of rotatable bonds is 5. The zero-order valence-electron chi connectivity index (χ0n) is 12.9. The van der Waals surface area contributed by atoms with Gasteiger partial charge in [-0.3, -0.25) is 4.79 Å². The first kappa shape index (κ1) is 15.4. The van der Waals surface area contributed by atoms with E-state index in [1.807, 2.05) is 55.5 Å². The van der Waals surface area contributed by atoms with Crippen molar-refractivity contribution in [1.82, 2.24) is 10.3 Å². The van der Waals surface area contributed by atoms with E-state index in [2.05, 4.69) is 22.4 Å². The van der Waals surface area contributed by atoms with Crippen molar-refractivity contribution < 1.29 is 4.79 Å². The first-order valence-corrected chi connectivity index (χ1v) is 8.36. The molecule has 1 atom stereocenters. The number of hydrogen-bond donors (Lipinski definition) is 1. The SMILES string of the molecule is Cc1ncc(C(=O)N[C@@H](Cc2ccccc2)c2ccccc2)s1. The van der Waals surface area contributed by atoms with Gasteiger partial charge in [-0.2, -0.15) is 0 Å². The molecule has 0 spiro atoms. The van der Waals surface area contributed by atoms with Gasteiger partial charge in [0.05, 0.1) is 17.2 Å². The predicted octanol–water partition coefficient (Wildman–Crippen LogP) is 4.17. The van der Waals surface area contributed by atoms with Gasteiger partial charge in [0.15, 0.2) is 0 Å². The van der Waals surface area contributed by atoms with Crippen LogP contribution in [0.3, 0.4) is 0 Å². The van der Waals surface area contributed by atoms with Crippen molar-refractivity contribution in [2.24, 2.45) is 0 Å². The summed E-state index contributed by atoms with van der Waals surface area (Å²) < 4.78 is 0. The summed E-state index contributed by atoms with van der Waals surface area (Å²) in [7, 11) is 0. The second kappa shape index (κ2) is 7.20. The average Bonchev–Trinajstić information content (AvgIpc) is 3.03. The summed E-state index contributed by atoms with van der Waals surface area (Å²) in [5.41, 5.74) is 2.30. The summed E-state index contributed by atoms with van der Waals surface area (Å²) in [5.74, 6) is -0.0691. The minimum absolute atomic E-state index is 0.0616. The molecule has 1 aromatic heterocycles. The molecule has 3 aromatic rings. The van der Waals surface area contributed by atoms with E-state index in [4.69, 9.17) is 0 Å². The molecule has 1 heterocycles. The van der Waals surface area contributed by atoms with E-state index in [1.165, 1.54) is 16.9 Å². The van der Waals surface area contributed by atoms with Gasteiger partial charge in [-0.25, -0.2) is 4.98 Å². The second-order valence-electron chi connectivity index (χ2n) is 5.37. The van der Waals surface area contributed by atoms with Crippen molar-refractivity contribution in [3.63, 3.8) is 0 Å². The Kier molecular flexibility index (Phi) is 4.83. The highest BCUT2D eigenvalue weighted by Gasteiger charge is 2.17. The van der Waals surface area contributed by atoms with Gasteiger partial charge in [0.25, 0.3) is 5.91 Å².